The molecule has 182 valence electrons. The summed E-state index contributed by atoms with van der Waals surface area (Å²) in [7, 11) is 0. The SMILES string of the molecule is CC(C)CC(N)C(=O)NC(CCC(N)=O)C(=O)NC(C)C(=O)NC(CCC(=O)O)C(=O)O. The van der Waals surface area contributed by atoms with Gasteiger partial charge in [0, 0.05) is 12.8 Å². The van der Waals surface area contributed by atoms with Crippen LogP contribution in [0.1, 0.15) is 52.9 Å². The minimum atomic E-state index is -1.46. The molecule has 0 radical (unpaired) electrons. The number of nitrogens with one attached hydrogen (secondary N) is 3. The lowest BCUT2D eigenvalue weighted by Gasteiger charge is -2.23. The highest BCUT2D eigenvalue weighted by Gasteiger charge is 2.28. The van der Waals surface area contributed by atoms with E-state index in [-0.39, 0.29) is 25.2 Å². The van der Waals surface area contributed by atoms with Gasteiger partial charge in [0.2, 0.25) is 23.6 Å². The molecule has 0 aromatic rings. The van der Waals surface area contributed by atoms with Crippen molar-refractivity contribution in [2.24, 2.45) is 17.4 Å². The topological polar surface area (TPSA) is 231 Å². The van der Waals surface area contributed by atoms with Gasteiger partial charge in [-0.05, 0) is 32.1 Å². The van der Waals surface area contributed by atoms with Crippen LogP contribution in [0, 0.1) is 5.92 Å². The van der Waals surface area contributed by atoms with E-state index in [1.807, 2.05) is 13.8 Å². The zero-order valence-electron chi connectivity index (χ0n) is 18.4. The van der Waals surface area contributed by atoms with Crippen molar-refractivity contribution in [1.82, 2.24) is 16.0 Å². The van der Waals surface area contributed by atoms with Crippen LogP contribution in [0.5, 0.6) is 0 Å². The summed E-state index contributed by atoms with van der Waals surface area (Å²) in [4.78, 5) is 70.1. The van der Waals surface area contributed by atoms with Crippen molar-refractivity contribution >= 4 is 35.6 Å². The van der Waals surface area contributed by atoms with Crippen molar-refractivity contribution in [2.75, 3.05) is 0 Å². The summed E-state index contributed by atoms with van der Waals surface area (Å²) >= 11 is 0. The molecule has 4 amide bonds. The minimum absolute atomic E-state index is 0.126. The Labute approximate surface area is 185 Å². The van der Waals surface area contributed by atoms with Crippen LogP contribution in [-0.4, -0.2) is 69.9 Å². The molecule has 0 rings (SSSR count). The number of carbonyl (C=O) groups excluding carboxylic acids is 4. The number of nitrogens with two attached hydrogens (primary N) is 2. The second-order valence-corrected chi connectivity index (χ2v) is 7.86. The molecule has 32 heavy (non-hydrogen) atoms. The number of hydrogen-bond acceptors (Lipinski definition) is 7. The Bertz CT molecular complexity index is 712. The first-order chi connectivity index (χ1) is 14.7. The Hall–Kier alpha value is -3.22. The van der Waals surface area contributed by atoms with Crippen LogP contribution < -0.4 is 27.4 Å². The normalized spacial score (nSPS) is 14.5. The predicted molar refractivity (Wildman–Crippen MR) is 112 cm³/mol. The van der Waals surface area contributed by atoms with Gasteiger partial charge in [-0.1, -0.05) is 13.8 Å². The van der Waals surface area contributed by atoms with Crippen molar-refractivity contribution in [3.63, 3.8) is 0 Å². The van der Waals surface area contributed by atoms with Gasteiger partial charge in [0.25, 0.3) is 0 Å². The van der Waals surface area contributed by atoms with Crippen molar-refractivity contribution in [3.8, 4) is 0 Å². The summed E-state index contributed by atoms with van der Waals surface area (Å²) in [5.74, 6) is -5.50. The summed E-state index contributed by atoms with van der Waals surface area (Å²) in [6.07, 6.45) is -0.805. The number of primary amides is 1. The number of carboxylic acids is 2. The Balaban J connectivity index is 5.12. The lowest BCUT2D eigenvalue weighted by atomic mass is 10.0. The molecule has 4 atom stereocenters. The van der Waals surface area contributed by atoms with Crippen LogP contribution in [0.2, 0.25) is 0 Å². The maximum atomic E-state index is 12.6. The zero-order chi connectivity index (χ0) is 25.0. The lowest BCUT2D eigenvalue weighted by Crippen LogP contribution is -2.56. The first-order valence-electron chi connectivity index (χ1n) is 10.1. The standard InChI is InChI=1S/C19H33N5O8/c1-9(2)8-11(20)17(29)23-12(4-6-14(21)25)18(30)22-10(3)16(28)24-13(19(31)32)5-7-15(26)27/h9-13H,4-8,20H2,1-3H3,(H2,21,25)(H,22,30)(H,23,29)(H,24,28)(H,26,27)(H,31,32). The average molecular weight is 460 g/mol. The predicted octanol–water partition coefficient (Wildman–Crippen LogP) is -1.95. The summed E-state index contributed by atoms with van der Waals surface area (Å²) < 4.78 is 0. The van der Waals surface area contributed by atoms with Gasteiger partial charge >= 0.3 is 11.9 Å². The molecule has 0 fully saturated rings. The van der Waals surface area contributed by atoms with Gasteiger partial charge in [-0.2, -0.15) is 0 Å². The number of hydrogen-bond donors (Lipinski definition) is 7. The third-order valence-corrected chi connectivity index (χ3v) is 4.39. The van der Waals surface area contributed by atoms with E-state index >= 15 is 0 Å². The molecule has 0 aliphatic carbocycles. The molecule has 4 unspecified atom stereocenters. The molecule has 0 saturated heterocycles. The third-order valence-electron chi connectivity index (χ3n) is 4.39. The van der Waals surface area contributed by atoms with Gasteiger partial charge in [-0.25, -0.2) is 4.79 Å². The van der Waals surface area contributed by atoms with Crippen LogP contribution in [0.15, 0.2) is 0 Å². The monoisotopic (exact) mass is 459 g/mol. The molecule has 0 aromatic heterocycles. The van der Waals surface area contributed by atoms with Crippen LogP contribution >= 0.6 is 0 Å². The summed E-state index contributed by atoms with van der Waals surface area (Å²) in [5, 5.41) is 24.7. The Kier molecular flexibility index (Phi) is 12.6. The highest BCUT2D eigenvalue weighted by Crippen LogP contribution is 2.05. The molecule has 0 bridgehead atoms. The highest BCUT2D eigenvalue weighted by molar-refractivity contribution is 5.94. The molecule has 13 heteroatoms. The average Bonchev–Trinajstić information content (AvgIpc) is 2.66. The van der Waals surface area contributed by atoms with Crippen molar-refractivity contribution < 1.29 is 39.0 Å². The molecule has 0 spiro atoms. The Morgan fingerprint density at radius 1 is 0.781 bits per heavy atom. The molecule has 0 aromatic carbocycles. The maximum Gasteiger partial charge on any atom is 0.326 e. The van der Waals surface area contributed by atoms with Crippen LogP contribution in [0.25, 0.3) is 0 Å². The van der Waals surface area contributed by atoms with E-state index in [0.29, 0.717) is 6.42 Å². The van der Waals surface area contributed by atoms with E-state index in [4.69, 9.17) is 21.7 Å². The fourth-order valence-electron chi connectivity index (χ4n) is 2.65. The number of carbonyl (C=O) groups is 6. The lowest BCUT2D eigenvalue weighted by molar-refractivity contribution is -0.143. The quantitative estimate of drug-likeness (QED) is 0.144. The maximum absolute atomic E-state index is 12.6. The number of carboxylic acid groups (broad SMARTS) is 2. The van der Waals surface area contributed by atoms with E-state index in [1.165, 1.54) is 6.92 Å². The van der Waals surface area contributed by atoms with Gasteiger partial charge < -0.3 is 37.6 Å². The minimum Gasteiger partial charge on any atom is -0.481 e. The largest absolute Gasteiger partial charge is 0.481 e. The molecule has 0 heterocycles. The molecule has 0 aliphatic rings. The highest BCUT2D eigenvalue weighted by atomic mass is 16.4. The molecule has 13 nitrogen and oxygen atoms in total. The van der Waals surface area contributed by atoms with Crippen molar-refractivity contribution in [1.29, 1.82) is 0 Å². The van der Waals surface area contributed by atoms with E-state index in [1.54, 1.807) is 0 Å². The summed E-state index contributed by atoms with van der Waals surface area (Å²) in [6, 6.07) is -4.76. The van der Waals surface area contributed by atoms with E-state index in [9.17, 15) is 28.8 Å². The van der Waals surface area contributed by atoms with Crippen molar-refractivity contribution in [2.45, 2.75) is 77.0 Å². The van der Waals surface area contributed by atoms with Gasteiger partial charge in [0.15, 0.2) is 0 Å². The van der Waals surface area contributed by atoms with Gasteiger partial charge in [0.05, 0.1) is 6.04 Å². The van der Waals surface area contributed by atoms with E-state index < -0.39 is 66.2 Å². The van der Waals surface area contributed by atoms with E-state index in [0.717, 1.165) is 0 Å². The van der Waals surface area contributed by atoms with Gasteiger partial charge in [0.1, 0.15) is 18.1 Å². The first kappa shape index (κ1) is 28.8. The summed E-state index contributed by atoms with van der Waals surface area (Å²) in [5.41, 5.74) is 10.9. The Morgan fingerprint density at radius 3 is 1.78 bits per heavy atom. The number of rotatable bonds is 15. The van der Waals surface area contributed by atoms with E-state index in [2.05, 4.69) is 16.0 Å². The van der Waals surface area contributed by atoms with Crippen LogP contribution in [-0.2, 0) is 28.8 Å². The first-order valence-corrected chi connectivity index (χ1v) is 10.1. The number of amides is 4. The molecular weight excluding hydrogens is 426 g/mol. The summed E-state index contributed by atoms with van der Waals surface area (Å²) in [6.45, 7) is 5.01. The van der Waals surface area contributed by atoms with Crippen LogP contribution in [0.3, 0.4) is 0 Å². The third kappa shape index (κ3) is 11.8. The van der Waals surface area contributed by atoms with Crippen molar-refractivity contribution in [3.05, 3.63) is 0 Å². The zero-order valence-corrected chi connectivity index (χ0v) is 18.4. The second-order valence-electron chi connectivity index (χ2n) is 7.86. The molecular formula is C19H33N5O8. The fourth-order valence-corrected chi connectivity index (χ4v) is 2.65. The van der Waals surface area contributed by atoms with Crippen LogP contribution in [0.4, 0.5) is 0 Å². The second kappa shape index (κ2) is 14.0. The number of aliphatic carboxylic acids is 2. The molecule has 0 saturated carbocycles. The van der Waals surface area contributed by atoms with Gasteiger partial charge in [-0.3, -0.25) is 24.0 Å². The van der Waals surface area contributed by atoms with Gasteiger partial charge in [-0.15, -0.1) is 0 Å². The smallest absolute Gasteiger partial charge is 0.326 e. The molecule has 9 N–H and O–H groups in total. The fraction of sp³-hybridized carbons (Fsp3) is 0.684. The Morgan fingerprint density at radius 2 is 1.31 bits per heavy atom. The molecule has 0 aliphatic heterocycles.